The van der Waals surface area contributed by atoms with Crippen LogP contribution in [0.3, 0.4) is 0 Å². The summed E-state index contributed by atoms with van der Waals surface area (Å²) < 4.78 is 5.58. The van der Waals surface area contributed by atoms with Crippen LogP contribution in [0.15, 0.2) is 65.7 Å². The zero-order valence-corrected chi connectivity index (χ0v) is 18.3. The quantitative estimate of drug-likeness (QED) is 0.541. The van der Waals surface area contributed by atoms with Crippen LogP contribution in [0.1, 0.15) is 27.6 Å². The van der Waals surface area contributed by atoms with Crippen LogP contribution in [-0.2, 0) is 13.1 Å². The second kappa shape index (κ2) is 10.8. The third kappa shape index (κ3) is 6.09. The topological polar surface area (TPSA) is 78.6 Å². The molecule has 8 heteroatoms. The molecule has 2 aromatic heterocycles. The average molecular weight is 433 g/mol. The van der Waals surface area contributed by atoms with Crippen molar-refractivity contribution >= 4 is 12.0 Å². The first kappa shape index (κ1) is 21.9. The van der Waals surface area contributed by atoms with E-state index in [1.54, 1.807) is 24.2 Å². The maximum atomic E-state index is 12.6. The molecule has 1 fully saturated rings. The predicted octanol–water partition coefficient (Wildman–Crippen LogP) is 2.57. The summed E-state index contributed by atoms with van der Waals surface area (Å²) in [5.74, 6) is 0.384. The number of aromatic nitrogens is 3. The van der Waals surface area contributed by atoms with Crippen molar-refractivity contribution in [2.75, 3.05) is 39.8 Å². The van der Waals surface area contributed by atoms with E-state index in [1.165, 1.54) is 18.2 Å². The third-order valence-electron chi connectivity index (χ3n) is 5.46. The molecular formula is C24H28N6O2. The van der Waals surface area contributed by atoms with Crippen LogP contribution in [0.4, 0.5) is 0 Å². The summed E-state index contributed by atoms with van der Waals surface area (Å²) in [6.07, 6.45) is 8.96. The van der Waals surface area contributed by atoms with Gasteiger partial charge in [0.05, 0.1) is 18.8 Å². The minimum absolute atomic E-state index is 0.186. The van der Waals surface area contributed by atoms with Crippen molar-refractivity contribution < 1.29 is 9.21 Å². The molecule has 0 unspecified atom stereocenters. The lowest BCUT2D eigenvalue weighted by Gasteiger charge is -2.33. The SMILES string of the molecule is CN(Cc1ccncn1)C(=O)c1coc(CN2CCN(C/C=C/c3ccccc3)CC2)n1. The predicted molar refractivity (Wildman–Crippen MR) is 122 cm³/mol. The van der Waals surface area contributed by atoms with Crippen molar-refractivity contribution in [3.05, 3.63) is 84.1 Å². The molecule has 32 heavy (non-hydrogen) atoms. The molecule has 1 amide bonds. The number of oxazole rings is 1. The Bertz CT molecular complexity index is 1010. The lowest BCUT2D eigenvalue weighted by Crippen LogP contribution is -2.45. The van der Waals surface area contributed by atoms with E-state index in [9.17, 15) is 4.79 Å². The zero-order valence-electron chi connectivity index (χ0n) is 18.3. The molecule has 0 N–H and O–H groups in total. The fourth-order valence-electron chi connectivity index (χ4n) is 3.63. The van der Waals surface area contributed by atoms with Crippen LogP contribution in [0.2, 0.25) is 0 Å². The minimum atomic E-state index is -0.186. The molecule has 3 heterocycles. The van der Waals surface area contributed by atoms with Crippen LogP contribution in [0.5, 0.6) is 0 Å². The summed E-state index contributed by atoms with van der Waals surface area (Å²) in [5, 5.41) is 0. The average Bonchev–Trinajstić information content (AvgIpc) is 3.29. The Morgan fingerprint density at radius 1 is 1.12 bits per heavy atom. The molecule has 1 aliphatic rings. The molecule has 0 atom stereocenters. The van der Waals surface area contributed by atoms with Gasteiger partial charge >= 0.3 is 0 Å². The highest BCUT2D eigenvalue weighted by atomic mass is 16.3. The number of rotatable bonds is 8. The largest absolute Gasteiger partial charge is 0.447 e. The minimum Gasteiger partial charge on any atom is -0.447 e. The lowest BCUT2D eigenvalue weighted by atomic mass is 10.2. The molecule has 0 saturated carbocycles. The van der Waals surface area contributed by atoms with Crippen LogP contribution < -0.4 is 0 Å². The molecule has 1 aliphatic heterocycles. The van der Waals surface area contributed by atoms with Crippen LogP contribution in [-0.4, -0.2) is 75.3 Å². The van der Waals surface area contributed by atoms with Crippen LogP contribution in [0.25, 0.3) is 6.08 Å². The number of carbonyl (C=O) groups excluding carboxylic acids is 1. The number of nitrogens with zero attached hydrogens (tertiary/aromatic N) is 6. The molecule has 0 radical (unpaired) electrons. The normalized spacial score (nSPS) is 15.3. The van der Waals surface area contributed by atoms with Crippen molar-refractivity contribution in [2.24, 2.45) is 0 Å². The van der Waals surface area contributed by atoms with Gasteiger partial charge in [0.2, 0.25) is 5.89 Å². The summed E-state index contributed by atoms with van der Waals surface area (Å²) in [4.78, 5) is 31.4. The van der Waals surface area contributed by atoms with Gasteiger partial charge in [-0.25, -0.2) is 15.0 Å². The van der Waals surface area contributed by atoms with E-state index < -0.39 is 0 Å². The summed E-state index contributed by atoms with van der Waals surface area (Å²) in [6, 6.07) is 12.1. The monoisotopic (exact) mass is 432 g/mol. The van der Waals surface area contributed by atoms with Gasteiger partial charge in [-0.05, 0) is 11.6 Å². The summed E-state index contributed by atoms with van der Waals surface area (Å²) in [5.41, 5.74) is 2.32. The van der Waals surface area contributed by atoms with E-state index in [1.807, 2.05) is 6.07 Å². The van der Waals surface area contributed by atoms with Gasteiger partial charge in [-0.1, -0.05) is 42.5 Å². The van der Waals surface area contributed by atoms with Gasteiger partial charge in [-0.15, -0.1) is 0 Å². The Balaban J connectivity index is 1.22. The molecule has 4 rings (SSSR count). The molecule has 1 saturated heterocycles. The number of piperazine rings is 1. The van der Waals surface area contributed by atoms with Gasteiger partial charge < -0.3 is 9.32 Å². The van der Waals surface area contributed by atoms with Gasteiger partial charge in [-0.2, -0.15) is 0 Å². The number of amides is 1. The van der Waals surface area contributed by atoms with E-state index in [-0.39, 0.29) is 5.91 Å². The molecule has 8 nitrogen and oxygen atoms in total. The van der Waals surface area contributed by atoms with Crippen molar-refractivity contribution in [1.29, 1.82) is 0 Å². The maximum absolute atomic E-state index is 12.6. The molecule has 1 aromatic carbocycles. The Morgan fingerprint density at radius 3 is 2.66 bits per heavy atom. The number of carbonyl (C=O) groups is 1. The molecule has 0 bridgehead atoms. The molecule has 0 spiro atoms. The Hall–Kier alpha value is -3.36. The Labute approximate surface area is 188 Å². The first-order valence-corrected chi connectivity index (χ1v) is 10.8. The van der Waals surface area contributed by atoms with Crippen LogP contribution in [0, 0.1) is 0 Å². The molecular weight excluding hydrogens is 404 g/mol. The van der Waals surface area contributed by atoms with Crippen molar-refractivity contribution in [3.8, 4) is 0 Å². The smallest absolute Gasteiger partial charge is 0.275 e. The van der Waals surface area contributed by atoms with E-state index in [4.69, 9.17) is 4.42 Å². The van der Waals surface area contributed by atoms with Crippen molar-refractivity contribution in [2.45, 2.75) is 13.1 Å². The van der Waals surface area contributed by atoms with E-state index >= 15 is 0 Å². The summed E-state index contributed by atoms with van der Waals surface area (Å²) in [7, 11) is 1.73. The van der Waals surface area contributed by atoms with Crippen LogP contribution >= 0.6 is 0 Å². The summed E-state index contributed by atoms with van der Waals surface area (Å²) >= 11 is 0. The number of benzene rings is 1. The highest BCUT2D eigenvalue weighted by Gasteiger charge is 2.21. The molecule has 3 aromatic rings. The standard InChI is InChI=1S/C24H28N6O2/c1-28(16-21-9-10-25-19-26-21)24(31)22-18-32-23(27-22)17-30-14-12-29(13-15-30)11-5-8-20-6-3-2-4-7-20/h2-10,18-19H,11-17H2,1H3/b8-5+. The second-order valence-corrected chi connectivity index (χ2v) is 7.88. The number of hydrogen-bond donors (Lipinski definition) is 0. The number of hydrogen-bond acceptors (Lipinski definition) is 7. The fourth-order valence-corrected chi connectivity index (χ4v) is 3.63. The lowest BCUT2D eigenvalue weighted by molar-refractivity contribution is 0.0777. The van der Waals surface area contributed by atoms with Gasteiger partial charge in [0, 0.05) is 46.0 Å². The van der Waals surface area contributed by atoms with E-state index in [0.29, 0.717) is 24.7 Å². The molecule has 166 valence electrons. The second-order valence-electron chi connectivity index (χ2n) is 7.88. The molecule has 0 aliphatic carbocycles. The Morgan fingerprint density at radius 2 is 1.91 bits per heavy atom. The van der Waals surface area contributed by atoms with Crippen molar-refractivity contribution in [3.63, 3.8) is 0 Å². The highest BCUT2D eigenvalue weighted by molar-refractivity contribution is 5.91. The first-order chi connectivity index (χ1) is 15.7. The van der Waals surface area contributed by atoms with Crippen molar-refractivity contribution in [1.82, 2.24) is 29.7 Å². The Kier molecular flexibility index (Phi) is 7.37. The van der Waals surface area contributed by atoms with E-state index in [2.05, 4.69) is 61.2 Å². The van der Waals surface area contributed by atoms with Gasteiger partial charge in [0.25, 0.3) is 5.91 Å². The first-order valence-electron chi connectivity index (χ1n) is 10.8. The van der Waals surface area contributed by atoms with Gasteiger partial charge in [-0.3, -0.25) is 14.6 Å². The summed E-state index contributed by atoms with van der Waals surface area (Å²) in [6.45, 7) is 5.82. The fraction of sp³-hybridized carbons (Fsp3) is 0.333. The maximum Gasteiger partial charge on any atom is 0.275 e. The zero-order chi connectivity index (χ0) is 22.2. The van der Waals surface area contributed by atoms with Gasteiger partial charge in [0.1, 0.15) is 12.6 Å². The third-order valence-corrected chi connectivity index (χ3v) is 5.46. The highest BCUT2D eigenvalue weighted by Crippen LogP contribution is 2.12. The van der Waals surface area contributed by atoms with E-state index in [0.717, 1.165) is 38.4 Å². The van der Waals surface area contributed by atoms with Gasteiger partial charge in [0.15, 0.2) is 5.69 Å².